The van der Waals surface area contributed by atoms with Gasteiger partial charge in [0, 0.05) is 50.3 Å². The molecule has 0 spiro atoms. The van der Waals surface area contributed by atoms with Gasteiger partial charge in [0.15, 0.2) is 5.76 Å². The van der Waals surface area contributed by atoms with Gasteiger partial charge in [-0.1, -0.05) is 18.2 Å². The van der Waals surface area contributed by atoms with Crippen molar-refractivity contribution in [3.63, 3.8) is 0 Å². The number of nitrogens with zero attached hydrogens (tertiary/aromatic N) is 3. The number of fused-ring (bicyclic) bond motifs is 1. The fraction of sp³-hybridized carbons (Fsp3) is 0.333. The molecule has 3 heterocycles. The third-order valence-electron chi connectivity index (χ3n) is 5.38. The van der Waals surface area contributed by atoms with E-state index in [0.29, 0.717) is 31.9 Å². The number of carbonyl (C=O) groups excluding carboxylic acids is 2. The summed E-state index contributed by atoms with van der Waals surface area (Å²) >= 11 is 0. The van der Waals surface area contributed by atoms with Crippen molar-refractivity contribution < 1.29 is 14.0 Å². The summed E-state index contributed by atoms with van der Waals surface area (Å²) < 4.78 is 7.25. The van der Waals surface area contributed by atoms with Gasteiger partial charge in [0.25, 0.3) is 5.91 Å². The molecule has 2 aromatic heterocycles. The maximum Gasteiger partial charge on any atom is 0.289 e. The molecule has 1 aliphatic rings. The zero-order valence-corrected chi connectivity index (χ0v) is 15.6. The summed E-state index contributed by atoms with van der Waals surface area (Å²) in [4.78, 5) is 29.0. The minimum absolute atomic E-state index is 0.108. The summed E-state index contributed by atoms with van der Waals surface area (Å²) in [5.41, 5.74) is 2.17. The van der Waals surface area contributed by atoms with Crippen LogP contribution in [-0.2, 0) is 11.8 Å². The highest BCUT2D eigenvalue weighted by atomic mass is 16.3. The number of benzene rings is 1. The fourth-order valence-corrected chi connectivity index (χ4v) is 3.81. The van der Waals surface area contributed by atoms with Gasteiger partial charge in [-0.05, 0) is 30.7 Å². The van der Waals surface area contributed by atoms with E-state index in [4.69, 9.17) is 4.42 Å². The minimum Gasteiger partial charge on any atom is -0.459 e. The first kappa shape index (κ1) is 17.4. The van der Waals surface area contributed by atoms with Crippen LogP contribution in [0.3, 0.4) is 0 Å². The summed E-state index contributed by atoms with van der Waals surface area (Å²) in [7, 11) is 2.00. The normalized spacial score (nSPS) is 15.9. The largest absolute Gasteiger partial charge is 0.459 e. The van der Waals surface area contributed by atoms with Crippen LogP contribution in [0.5, 0.6) is 0 Å². The third kappa shape index (κ3) is 3.12. The number of hydrogen-bond donors (Lipinski definition) is 0. The molecule has 1 unspecified atom stereocenters. The Bertz CT molecular complexity index is 966. The first-order valence-electron chi connectivity index (χ1n) is 9.22. The summed E-state index contributed by atoms with van der Waals surface area (Å²) in [6.45, 7) is 4.09. The molecule has 6 heteroatoms. The molecule has 1 saturated heterocycles. The first-order valence-corrected chi connectivity index (χ1v) is 9.22. The Morgan fingerprint density at radius 1 is 1.00 bits per heavy atom. The predicted octanol–water partition coefficient (Wildman–Crippen LogP) is 2.86. The Hall–Kier alpha value is -3.02. The monoisotopic (exact) mass is 365 g/mol. The molecule has 0 saturated carbocycles. The number of aryl methyl sites for hydroxylation is 1. The van der Waals surface area contributed by atoms with Crippen LogP contribution < -0.4 is 0 Å². The van der Waals surface area contributed by atoms with Crippen molar-refractivity contribution in [3.8, 4) is 0 Å². The highest BCUT2D eigenvalue weighted by Crippen LogP contribution is 2.28. The van der Waals surface area contributed by atoms with Crippen LogP contribution in [-0.4, -0.2) is 52.4 Å². The van der Waals surface area contributed by atoms with Gasteiger partial charge in [0.2, 0.25) is 5.91 Å². The molecule has 0 N–H and O–H groups in total. The average molecular weight is 365 g/mol. The van der Waals surface area contributed by atoms with Gasteiger partial charge in [0.1, 0.15) is 0 Å². The lowest BCUT2D eigenvalue weighted by atomic mass is 9.98. The Morgan fingerprint density at radius 3 is 2.41 bits per heavy atom. The Labute approximate surface area is 158 Å². The number of amides is 2. The molecule has 140 valence electrons. The molecule has 2 amide bonds. The second-order valence-electron chi connectivity index (χ2n) is 7.03. The van der Waals surface area contributed by atoms with Gasteiger partial charge < -0.3 is 18.8 Å². The van der Waals surface area contributed by atoms with Gasteiger partial charge >= 0.3 is 0 Å². The first-order chi connectivity index (χ1) is 13.1. The molecule has 4 rings (SSSR count). The predicted molar refractivity (Wildman–Crippen MR) is 103 cm³/mol. The van der Waals surface area contributed by atoms with E-state index >= 15 is 0 Å². The molecule has 1 fully saturated rings. The van der Waals surface area contributed by atoms with Gasteiger partial charge in [0.05, 0.1) is 12.2 Å². The molecule has 3 aromatic rings. The van der Waals surface area contributed by atoms with Crippen LogP contribution in [0.2, 0.25) is 0 Å². The lowest BCUT2D eigenvalue weighted by molar-refractivity contribution is -0.133. The van der Waals surface area contributed by atoms with Gasteiger partial charge in [-0.25, -0.2) is 0 Å². The smallest absolute Gasteiger partial charge is 0.289 e. The summed E-state index contributed by atoms with van der Waals surface area (Å²) in [6, 6.07) is 11.5. The van der Waals surface area contributed by atoms with Gasteiger partial charge in [-0.3, -0.25) is 9.59 Å². The molecular formula is C21H23N3O3. The fourth-order valence-electron chi connectivity index (χ4n) is 3.81. The molecular weight excluding hydrogens is 342 g/mol. The van der Waals surface area contributed by atoms with E-state index in [1.54, 1.807) is 17.0 Å². The number of hydrogen-bond acceptors (Lipinski definition) is 3. The van der Waals surface area contributed by atoms with Crippen LogP contribution in [0.25, 0.3) is 10.9 Å². The molecule has 0 aliphatic carbocycles. The summed E-state index contributed by atoms with van der Waals surface area (Å²) in [5, 5.41) is 1.12. The average Bonchev–Trinajstić information content (AvgIpc) is 3.35. The highest BCUT2D eigenvalue weighted by Gasteiger charge is 2.29. The van der Waals surface area contributed by atoms with E-state index in [-0.39, 0.29) is 17.7 Å². The zero-order chi connectivity index (χ0) is 19.0. The number of rotatable bonds is 3. The Morgan fingerprint density at radius 2 is 1.70 bits per heavy atom. The summed E-state index contributed by atoms with van der Waals surface area (Å²) in [6.07, 6.45) is 3.54. The lowest BCUT2D eigenvalue weighted by Crippen LogP contribution is -2.51. The SMILES string of the molecule is CC(C(=O)N1CCN(C(=O)c2ccco2)CC1)c1cn(C)c2ccccc12. The van der Waals surface area contributed by atoms with E-state index in [1.165, 1.54) is 6.26 Å². The number of carbonyl (C=O) groups is 2. The topological polar surface area (TPSA) is 58.7 Å². The molecule has 0 radical (unpaired) electrons. The number of para-hydroxylation sites is 1. The van der Waals surface area contributed by atoms with Crippen molar-refractivity contribution in [1.82, 2.24) is 14.4 Å². The minimum atomic E-state index is -0.219. The number of aromatic nitrogens is 1. The number of furan rings is 1. The van der Waals surface area contributed by atoms with E-state index in [1.807, 2.05) is 37.2 Å². The number of piperazine rings is 1. The Kier molecular flexibility index (Phi) is 4.48. The van der Waals surface area contributed by atoms with Crippen molar-refractivity contribution in [2.24, 2.45) is 7.05 Å². The molecule has 6 nitrogen and oxygen atoms in total. The molecule has 1 atom stereocenters. The summed E-state index contributed by atoms with van der Waals surface area (Å²) in [5.74, 6) is 0.118. The molecule has 0 bridgehead atoms. The standard InChI is InChI=1S/C21H23N3O3/c1-15(17-14-22(2)18-7-4-3-6-16(17)18)20(25)23-9-11-24(12-10-23)21(26)19-8-5-13-27-19/h3-8,13-15H,9-12H2,1-2H3. The highest BCUT2D eigenvalue weighted by molar-refractivity contribution is 5.93. The van der Waals surface area contributed by atoms with Gasteiger partial charge in [-0.15, -0.1) is 0 Å². The van der Waals surface area contributed by atoms with Crippen molar-refractivity contribution >= 4 is 22.7 Å². The quantitative estimate of drug-likeness (QED) is 0.717. The third-order valence-corrected chi connectivity index (χ3v) is 5.38. The van der Waals surface area contributed by atoms with Crippen LogP contribution in [0.15, 0.2) is 53.3 Å². The van der Waals surface area contributed by atoms with Gasteiger partial charge in [-0.2, -0.15) is 0 Å². The zero-order valence-electron chi connectivity index (χ0n) is 15.6. The van der Waals surface area contributed by atoms with Crippen LogP contribution in [0.1, 0.15) is 29.0 Å². The maximum absolute atomic E-state index is 13.1. The molecule has 1 aromatic carbocycles. The molecule has 1 aliphatic heterocycles. The van der Waals surface area contributed by atoms with Crippen LogP contribution in [0.4, 0.5) is 0 Å². The van der Waals surface area contributed by atoms with E-state index in [0.717, 1.165) is 16.5 Å². The molecule has 27 heavy (non-hydrogen) atoms. The Balaban J connectivity index is 1.45. The lowest BCUT2D eigenvalue weighted by Gasteiger charge is -2.35. The van der Waals surface area contributed by atoms with E-state index < -0.39 is 0 Å². The second-order valence-corrected chi connectivity index (χ2v) is 7.03. The van der Waals surface area contributed by atoms with E-state index in [2.05, 4.69) is 16.7 Å². The van der Waals surface area contributed by atoms with Crippen LogP contribution >= 0.6 is 0 Å². The second kappa shape index (κ2) is 6.95. The van der Waals surface area contributed by atoms with Crippen LogP contribution in [0, 0.1) is 0 Å². The van der Waals surface area contributed by atoms with Crippen molar-refractivity contribution in [2.75, 3.05) is 26.2 Å². The van der Waals surface area contributed by atoms with Crippen molar-refractivity contribution in [3.05, 3.63) is 60.2 Å². The van der Waals surface area contributed by atoms with E-state index in [9.17, 15) is 9.59 Å². The maximum atomic E-state index is 13.1. The van der Waals surface area contributed by atoms with Crippen molar-refractivity contribution in [2.45, 2.75) is 12.8 Å². The van der Waals surface area contributed by atoms with Crippen molar-refractivity contribution in [1.29, 1.82) is 0 Å².